The Morgan fingerprint density at radius 1 is 0.556 bits per heavy atom. The molecule has 0 aliphatic carbocycles. The second kappa shape index (κ2) is 14.6. The van der Waals surface area contributed by atoms with Gasteiger partial charge in [-0.25, -0.2) is 0 Å². The van der Waals surface area contributed by atoms with E-state index in [4.69, 9.17) is 0 Å². The van der Waals surface area contributed by atoms with E-state index in [0.717, 1.165) is 9.52 Å². The van der Waals surface area contributed by atoms with Crippen molar-refractivity contribution < 1.29 is 26.2 Å². The van der Waals surface area contributed by atoms with Crippen molar-refractivity contribution in [2.45, 2.75) is 106 Å². The van der Waals surface area contributed by atoms with Gasteiger partial charge in [0.2, 0.25) is 0 Å². The smallest absolute Gasteiger partial charge is 0.165 e. The van der Waals surface area contributed by atoms with Crippen LogP contribution in [0.4, 0.5) is 0 Å². The molecule has 4 aromatic rings. The van der Waals surface area contributed by atoms with E-state index in [2.05, 4.69) is 131 Å². The standard InChI is InChI=1S/2C16H21.C2H6Si.Zr/c2*1-10(2)14-7-6-13-8-12(5)9-15(13)16(14)11(3)4;1-3-2;/h2*6-11H,1-5H3;1-2H3;/q2*-1;;+2. The topological polar surface area (TPSA) is 0 Å². The number of benzene rings is 2. The Morgan fingerprint density at radius 3 is 1.11 bits per heavy atom. The maximum Gasteiger partial charge on any atom is 2.00 e. The Morgan fingerprint density at radius 2 is 0.861 bits per heavy atom. The maximum atomic E-state index is 2.33. The molecular weight excluding hydrogens is 528 g/mol. The molecule has 2 radical (unpaired) electrons. The van der Waals surface area contributed by atoms with Crippen LogP contribution in [0.2, 0.25) is 13.1 Å². The van der Waals surface area contributed by atoms with E-state index in [1.165, 1.54) is 43.8 Å². The van der Waals surface area contributed by atoms with Crippen molar-refractivity contribution in [3.63, 3.8) is 0 Å². The van der Waals surface area contributed by atoms with Crippen LogP contribution in [0.15, 0.2) is 48.5 Å². The summed E-state index contributed by atoms with van der Waals surface area (Å²) in [6, 6.07) is 18.4. The Kier molecular flexibility index (Phi) is 13.3. The van der Waals surface area contributed by atoms with Crippen LogP contribution in [0.25, 0.3) is 21.5 Å². The Labute approximate surface area is 244 Å². The minimum absolute atomic E-state index is 0. The molecule has 192 valence electrons. The van der Waals surface area contributed by atoms with Gasteiger partial charge in [0.1, 0.15) is 0 Å². The first-order chi connectivity index (χ1) is 16.4. The van der Waals surface area contributed by atoms with E-state index in [-0.39, 0.29) is 26.2 Å². The van der Waals surface area contributed by atoms with Gasteiger partial charge in [-0.3, -0.25) is 0 Å². The third-order valence-electron chi connectivity index (χ3n) is 6.62. The summed E-state index contributed by atoms with van der Waals surface area (Å²) >= 11 is 0. The third-order valence-corrected chi connectivity index (χ3v) is 6.62. The molecule has 0 bridgehead atoms. The number of rotatable bonds is 4. The molecule has 0 saturated heterocycles. The molecular formula is C34H48SiZr. The first-order valence-corrected chi connectivity index (χ1v) is 15.4. The largest absolute Gasteiger partial charge is 2.00 e. The van der Waals surface area contributed by atoms with Crippen molar-refractivity contribution in [2.75, 3.05) is 0 Å². The summed E-state index contributed by atoms with van der Waals surface area (Å²) in [5.74, 6) is 2.42. The first kappa shape index (κ1) is 32.8. The Balaban J connectivity index is 0.000000317. The average Bonchev–Trinajstić information content (AvgIpc) is 3.32. The van der Waals surface area contributed by atoms with Crippen LogP contribution in [0.5, 0.6) is 0 Å². The molecule has 0 aromatic heterocycles. The van der Waals surface area contributed by atoms with Gasteiger partial charge in [-0.1, -0.05) is 105 Å². The van der Waals surface area contributed by atoms with Gasteiger partial charge in [-0.15, -0.1) is 69.1 Å². The summed E-state index contributed by atoms with van der Waals surface area (Å²) in [6.45, 7) is 27.0. The summed E-state index contributed by atoms with van der Waals surface area (Å²) in [5.41, 5.74) is 8.85. The SMILES string of the molecule is C[Si]C.Cc1cc2c(C(C)C)c(C(C)C)ccc2[cH-]1.Cc1cc2c(C(C)C)c(C(C)C)ccc2[cH-]1.[Zr+2]. The number of fused-ring (bicyclic) bond motifs is 2. The van der Waals surface area contributed by atoms with Crippen molar-refractivity contribution >= 4 is 31.1 Å². The summed E-state index contributed by atoms with van der Waals surface area (Å²) in [7, 11) is 1.08. The zero-order valence-electron chi connectivity index (χ0n) is 24.9. The van der Waals surface area contributed by atoms with Crippen molar-refractivity contribution in [2.24, 2.45) is 0 Å². The Bertz CT molecular complexity index is 1120. The molecule has 0 N–H and O–H groups in total. The number of aryl methyl sites for hydroxylation is 2. The van der Waals surface area contributed by atoms with Crippen molar-refractivity contribution in [1.29, 1.82) is 0 Å². The van der Waals surface area contributed by atoms with Gasteiger partial charge >= 0.3 is 26.2 Å². The summed E-state index contributed by atoms with van der Waals surface area (Å²) < 4.78 is 0. The van der Waals surface area contributed by atoms with E-state index in [1.807, 2.05) is 0 Å². The fourth-order valence-corrected chi connectivity index (χ4v) is 5.24. The molecule has 4 aromatic carbocycles. The molecule has 0 aliphatic heterocycles. The molecule has 0 aliphatic rings. The summed E-state index contributed by atoms with van der Waals surface area (Å²) in [6.07, 6.45) is 0. The minimum Gasteiger partial charge on any atom is -0.165 e. The van der Waals surface area contributed by atoms with E-state index in [9.17, 15) is 0 Å². The average molecular weight is 576 g/mol. The van der Waals surface area contributed by atoms with Crippen molar-refractivity contribution in [3.05, 3.63) is 81.9 Å². The predicted molar refractivity (Wildman–Crippen MR) is 162 cm³/mol. The number of hydrogen-bond donors (Lipinski definition) is 0. The molecule has 36 heavy (non-hydrogen) atoms. The van der Waals surface area contributed by atoms with Gasteiger partial charge in [-0.2, -0.15) is 12.1 Å². The van der Waals surface area contributed by atoms with Crippen LogP contribution in [-0.4, -0.2) is 9.52 Å². The zero-order chi connectivity index (χ0) is 26.4. The molecule has 0 nitrogen and oxygen atoms in total. The van der Waals surface area contributed by atoms with Crippen LogP contribution < -0.4 is 0 Å². The molecule has 0 heterocycles. The van der Waals surface area contributed by atoms with E-state index in [1.54, 1.807) is 11.1 Å². The third kappa shape index (κ3) is 7.88. The van der Waals surface area contributed by atoms with Crippen LogP contribution >= 0.6 is 0 Å². The molecule has 2 heteroatoms. The summed E-state index contributed by atoms with van der Waals surface area (Å²) in [5, 5.41) is 5.70. The van der Waals surface area contributed by atoms with E-state index in [0.29, 0.717) is 23.7 Å². The van der Waals surface area contributed by atoms with Gasteiger partial charge in [0.25, 0.3) is 0 Å². The molecule has 4 rings (SSSR count). The maximum absolute atomic E-state index is 2.33. The van der Waals surface area contributed by atoms with Crippen LogP contribution in [0.1, 0.15) is 112 Å². The van der Waals surface area contributed by atoms with Crippen molar-refractivity contribution in [3.8, 4) is 0 Å². The van der Waals surface area contributed by atoms with Gasteiger partial charge in [-0.05, 0) is 23.7 Å². The zero-order valence-corrected chi connectivity index (χ0v) is 28.4. The second-order valence-electron chi connectivity index (χ2n) is 11.3. The minimum atomic E-state index is 0. The monoisotopic (exact) mass is 574 g/mol. The van der Waals surface area contributed by atoms with E-state index >= 15 is 0 Å². The number of hydrogen-bond acceptors (Lipinski definition) is 0. The predicted octanol–water partition coefficient (Wildman–Crippen LogP) is 11.0. The second-order valence-corrected chi connectivity index (χ2v) is 12.3. The quantitative estimate of drug-likeness (QED) is 0.168. The van der Waals surface area contributed by atoms with Gasteiger partial charge in [0.15, 0.2) is 0 Å². The molecule has 0 unspecified atom stereocenters. The fourth-order valence-electron chi connectivity index (χ4n) is 5.24. The van der Waals surface area contributed by atoms with Crippen molar-refractivity contribution in [1.82, 2.24) is 0 Å². The molecule has 0 amide bonds. The first-order valence-electron chi connectivity index (χ1n) is 13.4. The fraction of sp³-hybridized carbons (Fsp3) is 0.471. The summed E-state index contributed by atoms with van der Waals surface area (Å²) in [4.78, 5) is 0. The Hall–Kier alpha value is -1.24. The molecule has 0 spiro atoms. The molecule has 0 fully saturated rings. The van der Waals surface area contributed by atoms with Gasteiger partial charge in [0, 0.05) is 9.52 Å². The van der Waals surface area contributed by atoms with Crippen LogP contribution in [-0.2, 0) is 26.2 Å². The molecule has 0 saturated carbocycles. The van der Waals surface area contributed by atoms with Crippen LogP contribution in [0.3, 0.4) is 0 Å². The van der Waals surface area contributed by atoms with Crippen LogP contribution in [0, 0.1) is 13.8 Å². The normalized spacial score (nSPS) is 11.1. The molecule has 0 atom stereocenters. The van der Waals surface area contributed by atoms with E-state index < -0.39 is 0 Å². The van der Waals surface area contributed by atoms with Gasteiger partial charge in [0.05, 0.1) is 0 Å². The van der Waals surface area contributed by atoms with Gasteiger partial charge < -0.3 is 0 Å².